The topological polar surface area (TPSA) is 21.3 Å². The maximum absolute atomic E-state index is 14.0. The standard InChI is InChI=1S/C15H22FNOS/c1-10(17-12-7-5-9-14(12)19-3)15-11(16)6-4-8-13(15)18-2/h4,6,8,10,12,14,17H,5,7,9H2,1-3H3. The van der Waals surface area contributed by atoms with Crippen LogP contribution in [0, 0.1) is 5.82 Å². The van der Waals surface area contributed by atoms with Gasteiger partial charge in [0.05, 0.1) is 7.11 Å². The Balaban J connectivity index is 2.13. The molecule has 3 unspecified atom stereocenters. The van der Waals surface area contributed by atoms with E-state index in [1.807, 2.05) is 24.8 Å². The number of nitrogens with one attached hydrogen (secondary N) is 1. The normalized spacial score (nSPS) is 24.4. The van der Waals surface area contributed by atoms with Crippen molar-refractivity contribution in [3.05, 3.63) is 29.6 Å². The van der Waals surface area contributed by atoms with E-state index in [2.05, 4.69) is 11.6 Å². The maximum atomic E-state index is 14.0. The second-order valence-electron chi connectivity index (χ2n) is 5.06. The molecule has 0 heterocycles. The van der Waals surface area contributed by atoms with E-state index in [0.717, 1.165) is 0 Å². The van der Waals surface area contributed by atoms with Crippen LogP contribution in [0.2, 0.25) is 0 Å². The van der Waals surface area contributed by atoms with Gasteiger partial charge in [-0.3, -0.25) is 0 Å². The number of hydrogen-bond donors (Lipinski definition) is 1. The van der Waals surface area contributed by atoms with Crippen molar-refractivity contribution < 1.29 is 9.13 Å². The van der Waals surface area contributed by atoms with Crippen LogP contribution in [0.5, 0.6) is 5.75 Å². The lowest BCUT2D eigenvalue weighted by atomic mass is 10.0. The summed E-state index contributed by atoms with van der Waals surface area (Å²) in [6, 6.07) is 5.43. The van der Waals surface area contributed by atoms with Crippen molar-refractivity contribution in [2.24, 2.45) is 0 Å². The Morgan fingerprint density at radius 2 is 2.21 bits per heavy atom. The smallest absolute Gasteiger partial charge is 0.131 e. The van der Waals surface area contributed by atoms with Crippen molar-refractivity contribution in [2.75, 3.05) is 13.4 Å². The molecule has 0 aromatic heterocycles. The van der Waals surface area contributed by atoms with E-state index in [4.69, 9.17) is 4.74 Å². The van der Waals surface area contributed by atoms with Gasteiger partial charge in [-0.15, -0.1) is 0 Å². The average molecular weight is 283 g/mol. The molecule has 2 rings (SSSR count). The monoisotopic (exact) mass is 283 g/mol. The molecule has 1 saturated carbocycles. The Morgan fingerprint density at radius 3 is 2.89 bits per heavy atom. The van der Waals surface area contributed by atoms with Crippen LogP contribution in [0.1, 0.15) is 37.8 Å². The molecule has 1 aromatic carbocycles. The lowest BCUT2D eigenvalue weighted by Crippen LogP contribution is -2.36. The predicted octanol–water partition coefficient (Wildman–Crippen LogP) is 3.77. The maximum Gasteiger partial charge on any atom is 0.131 e. The molecule has 1 aliphatic rings. The van der Waals surface area contributed by atoms with E-state index in [9.17, 15) is 4.39 Å². The molecule has 1 fully saturated rings. The average Bonchev–Trinajstić information content (AvgIpc) is 2.85. The fourth-order valence-electron chi connectivity index (χ4n) is 2.92. The number of hydrogen-bond acceptors (Lipinski definition) is 3. The molecule has 19 heavy (non-hydrogen) atoms. The summed E-state index contributed by atoms with van der Waals surface area (Å²) >= 11 is 1.90. The molecule has 0 bridgehead atoms. The van der Waals surface area contributed by atoms with Gasteiger partial charge >= 0.3 is 0 Å². The number of methoxy groups -OCH3 is 1. The summed E-state index contributed by atoms with van der Waals surface area (Å²) in [5, 5.41) is 4.21. The fourth-order valence-corrected chi connectivity index (χ4v) is 3.86. The minimum atomic E-state index is -0.196. The van der Waals surface area contributed by atoms with Crippen LogP contribution in [0.25, 0.3) is 0 Å². The van der Waals surface area contributed by atoms with Crippen molar-refractivity contribution in [2.45, 2.75) is 43.5 Å². The number of benzene rings is 1. The summed E-state index contributed by atoms with van der Waals surface area (Å²) in [4.78, 5) is 0. The van der Waals surface area contributed by atoms with E-state index in [-0.39, 0.29) is 11.9 Å². The van der Waals surface area contributed by atoms with Gasteiger partial charge in [-0.2, -0.15) is 11.8 Å². The Bertz CT molecular complexity index is 427. The fraction of sp³-hybridized carbons (Fsp3) is 0.600. The van der Waals surface area contributed by atoms with Gasteiger partial charge in [0.25, 0.3) is 0 Å². The summed E-state index contributed by atoms with van der Waals surface area (Å²) < 4.78 is 19.3. The van der Waals surface area contributed by atoms with Gasteiger partial charge in [0.1, 0.15) is 11.6 Å². The molecule has 0 spiro atoms. The predicted molar refractivity (Wildman–Crippen MR) is 79.4 cm³/mol. The minimum Gasteiger partial charge on any atom is -0.496 e. The highest BCUT2D eigenvalue weighted by Crippen LogP contribution is 2.33. The first-order valence-electron chi connectivity index (χ1n) is 6.78. The van der Waals surface area contributed by atoms with Gasteiger partial charge in [0.2, 0.25) is 0 Å². The molecule has 1 aromatic rings. The van der Waals surface area contributed by atoms with E-state index >= 15 is 0 Å². The van der Waals surface area contributed by atoms with Crippen molar-refractivity contribution in [1.82, 2.24) is 5.32 Å². The summed E-state index contributed by atoms with van der Waals surface area (Å²) in [6.07, 6.45) is 5.83. The van der Waals surface area contributed by atoms with Gasteiger partial charge < -0.3 is 10.1 Å². The van der Waals surface area contributed by atoms with Gasteiger partial charge in [-0.1, -0.05) is 12.5 Å². The third kappa shape index (κ3) is 3.23. The highest BCUT2D eigenvalue weighted by molar-refractivity contribution is 7.99. The largest absolute Gasteiger partial charge is 0.496 e. The minimum absolute atomic E-state index is 0.0334. The molecular weight excluding hydrogens is 261 g/mol. The quantitative estimate of drug-likeness (QED) is 0.889. The van der Waals surface area contributed by atoms with Gasteiger partial charge in [0.15, 0.2) is 0 Å². The molecule has 4 heteroatoms. The lowest BCUT2D eigenvalue weighted by molar-refractivity contribution is 0.384. The molecule has 2 nitrogen and oxygen atoms in total. The molecule has 3 atom stereocenters. The Morgan fingerprint density at radius 1 is 1.42 bits per heavy atom. The zero-order valence-corrected chi connectivity index (χ0v) is 12.6. The number of thioether (sulfide) groups is 1. The first-order valence-corrected chi connectivity index (χ1v) is 8.07. The van der Waals surface area contributed by atoms with Gasteiger partial charge in [0, 0.05) is 22.9 Å². The third-order valence-electron chi connectivity index (χ3n) is 3.89. The van der Waals surface area contributed by atoms with Crippen LogP contribution in [0.3, 0.4) is 0 Å². The molecule has 0 radical (unpaired) electrons. The number of rotatable bonds is 5. The van der Waals surface area contributed by atoms with Crippen LogP contribution in [0.4, 0.5) is 4.39 Å². The molecular formula is C15H22FNOS. The highest BCUT2D eigenvalue weighted by atomic mass is 32.2. The Labute approximate surface area is 119 Å². The second-order valence-corrected chi connectivity index (χ2v) is 6.13. The van der Waals surface area contributed by atoms with E-state index in [0.29, 0.717) is 22.6 Å². The van der Waals surface area contributed by atoms with Crippen molar-refractivity contribution >= 4 is 11.8 Å². The SMILES string of the molecule is COc1cccc(F)c1C(C)NC1CCCC1SC. The van der Waals surface area contributed by atoms with Gasteiger partial charge in [-0.25, -0.2) is 4.39 Å². The molecule has 106 valence electrons. The van der Waals surface area contributed by atoms with Crippen LogP contribution in [-0.2, 0) is 0 Å². The summed E-state index contributed by atoms with van der Waals surface area (Å²) in [6.45, 7) is 2.01. The van der Waals surface area contributed by atoms with Crippen molar-refractivity contribution in [1.29, 1.82) is 0 Å². The highest BCUT2D eigenvalue weighted by Gasteiger charge is 2.29. The first kappa shape index (κ1) is 14.7. The Hall–Kier alpha value is -0.740. The van der Waals surface area contributed by atoms with Crippen molar-refractivity contribution in [3.8, 4) is 5.75 Å². The first-order chi connectivity index (χ1) is 9.17. The molecule has 0 saturated heterocycles. The number of ether oxygens (including phenoxy) is 1. The van der Waals surface area contributed by atoms with E-state index < -0.39 is 0 Å². The summed E-state index contributed by atoms with van der Waals surface area (Å²) in [7, 11) is 1.59. The van der Waals surface area contributed by atoms with Crippen LogP contribution >= 0.6 is 11.8 Å². The zero-order chi connectivity index (χ0) is 13.8. The molecule has 0 amide bonds. The van der Waals surface area contributed by atoms with Gasteiger partial charge in [-0.05, 0) is 38.2 Å². The summed E-state index contributed by atoms with van der Waals surface area (Å²) in [5.74, 6) is 0.428. The molecule has 1 aliphatic carbocycles. The second kappa shape index (κ2) is 6.62. The number of halogens is 1. The lowest BCUT2D eigenvalue weighted by Gasteiger charge is -2.25. The molecule has 0 aliphatic heterocycles. The molecule has 1 N–H and O–H groups in total. The van der Waals surface area contributed by atoms with E-state index in [1.165, 1.54) is 25.3 Å². The third-order valence-corrected chi connectivity index (χ3v) is 5.05. The van der Waals surface area contributed by atoms with Crippen molar-refractivity contribution in [3.63, 3.8) is 0 Å². The Kier molecular flexibility index (Phi) is 5.11. The summed E-state index contributed by atoms with van der Waals surface area (Å²) in [5.41, 5.74) is 0.636. The van der Waals surface area contributed by atoms with E-state index in [1.54, 1.807) is 13.2 Å². The van der Waals surface area contributed by atoms with Crippen LogP contribution in [-0.4, -0.2) is 24.7 Å². The van der Waals surface area contributed by atoms with Crippen LogP contribution in [0.15, 0.2) is 18.2 Å². The zero-order valence-electron chi connectivity index (χ0n) is 11.8. The van der Waals surface area contributed by atoms with Crippen LogP contribution < -0.4 is 10.1 Å².